The van der Waals surface area contributed by atoms with Crippen molar-refractivity contribution in [2.75, 3.05) is 0 Å². The van der Waals surface area contributed by atoms with Crippen LogP contribution >= 0.6 is 0 Å². The molecule has 0 aliphatic rings. The summed E-state index contributed by atoms with van der Waals surface area (Å²) in [5.74, 6) is 0.263. The molecule has 0 radical (unpaired) electrons. The second-order valence-corrected chi connectivity index (χ2v) is 13.3. The summed E-state index contributed by atoms with van der Waals surface area (Å²) < 4.78 is 84.1. The van der Waals surface area contributed by atoms with E-state index in [9.17, 15) is 0 Å². The third-order valence-corrected chi connectivity index (χ3v) is 10.1. The van der Waals surface area contributed by atoms with Crippen molar-refractivity contribution in [3.63, 3.8) is 0 Å². The lowest BCUT2D eigenvalue weighted by Crippen LogP contribution is -2.00. The molecule has 0 fully saturated rings. The van der Waals surface area contributed by atoms with Crippen LogP contribution in [0.2, 0.25) is 0 Å². The van der Waals surface area contributed by atoms with Crippen LogP contribution in [0, 0.1) is 0 Å². The molecule has 9 aromatic carbocycles. The van der Waals surface area contributed by atoms with Gasteiger partial charge in [0.2, 0.25) is 0 Å². The quantitative estimate of drug-likeness (QED) is 0.167. The molecule has 0 spiro atoms. The molecule has 0 unspecified atom stereocenters. The minimum absolute atomic E-state index is 0.142. The van der Waals surface area contributed by atoms with Crippen LogP contribution in [-0.4, -0.2) is 15.0 Å². The van der Waals surface area contributed by atoms with E-state index in [4.69, 9.17) is 26.7 Å². The molecule has 0 aliphatic carbocycles. The Morgan fingerprint density at radius 2 is 0.891 bits per heavy atom. The Morgan fingerprint density at radius 1 is 0.345 bits per heavy atom. The topological polar surface area (TPSA) is 51.8 Å². The van der Waals surface area contributed by atoms with Gasteiger partial charge in [0.25, 0.3) is 0 Å². The van der Waals surface area contributed by atoms with Gasteiger partial charge in [0, 0.05) is 27.5 Å². The molecular weight excluding hydrogens is 671 g/mol. The van der Waals surface area contributed by atoms with Gasteiger partial charge < -0.3 is 4.42 Å². The van der Waals surface area contributed by atoms with E-state index in [1.54, 1.807) is 0 Å². The smallest absolute Gasteiger partial charge is 0.164 e. The van der Waals surface area contributed by atoms with Crippen molar-refractivity contribution in [1.29, 1.82) is 0 Å². The summed E-state index contributed by atoms with van der Waals surface area (Å²) in [6.45, 7) is 0. The fourth-order valence-electron chi connectivity index (χ4n) is 7.54. The highest BCUT2D eigenvalue weighted by molar-refractivity contribution is 6.26. The van der Waals surface area contributed by atoms with E-state index in [1.165, 1.54) is 26.9 Å². The molecule has 0 amide bonds. The van der Waals surface area contributed by atoms with Gasteiger partial charge in [-0.25, -0.2) is 15.0 Å². The number of rotatable bonds is 5. The zero-order chi connectivity index (χ0) is 44.1. The molecule has 2 heterocycles. The fourth-order valence-corrected chi connectivity index (χ4v) is 7.54. The number of hydrogen-bond acceptors (Lipinski definition) is 4. The molecule has 0 saturated heterocycles. The second kappa shape index (κ2) is 12.6. The van der Waals surface area contributed by atoms with Crippen molar-refractivity contribution in [3.05, 3.63) is 188 Å². The lowest BCUT2D eigenvalue weighted by atomic mass is 9.91. The fraction of sp³-hybridized carbons (Fsp3) is 0. The third-order valence-electron chi connectivity index (χ3n) is 10.1. The highest BCUT2D eigenvalue weighted by Crippen LogP contribution is 2.41. The minimum atomic E-state index is -0.652. The summed E-state index contributed by atoms with van der Waals surface area (Å²) in [6, 6.07) is 38.9. The summed E-state index contributed by atoms with van der Waals surface area (Å²) in [6.07, 6.45) is 0. The molecule has 2 aromatic heterocycles. The highest BCUT2D eigenvalue weighted by atomic mass is 16.3. The summed E-state index contributed by atoms with van der Waals surface area (Å²) in [5, 5.41) is 8.93. The van der Waals surface area contributed by atoms with E-state index in [1.807, 2.05) is 60.7 Å². The monoisotopic (exact) mass is 710 g/mol. The number of fused-ring (bicyclic) bond motifs is 9. The van der Waals surface area contributed by atoms with Gasteiger partial charge in [-0.15, -0.1) is 0 Å². The molecule has 0 saturated carbocycles. The Morgan fingerprint density at radius 3 is 1.60 bits per heavy atom. The zero-order valence-corrected chi connectivity index (χ0v) is 29.0. The van der Waals surface area contributed by atoms with Gasteiger partial charge in [0.15, 0.2) is 17.5 Å². The van der Waals surface area contributed by atoms with E-state index in [-0.39, 0.29) is 23.0 Å². The van der Waals surface area contributed by atoms with Gasteiger partial charge in [-0.3, -0.25) is 0 Å². The summed E-state index contributed by atoms with van der Waals surface area (Å²) in [4.78, 5) is 14.3. The molecule has 11 rings (SSSR count). The Bertz CT molecular complexity index is 3700. The van der Waals surface area contributed by atoms with Crippen LogP contribution in [-0.2, 0) is 0 Å². The minimum Gasteiger partial charge on any atom is -0.456 e. The van der Waals surface area contributed by atoms with Crippen molar-refractivity contribution in [2.24, 2.45) is 0 Å². The Kier molecular flexibility index (Phi) is 5.34. The van der Waals surface area contributed by atoms with Gasteiger partial charge in [-0.05, 0) is 78.8 Å². The number of nitrogens with zero attached hydrogens (tertiary/aromatic N) is 3. The molecule has 11 aromatic rings. The largest absolute Gasteiger partial charge is 0.456 e. The van der Waals surface area contributed by atoms with E-state index in [2.05, 4.69) is 77.8 Å². The first kappa shape index (κ1) is 23.3. The maximum Gasteiger partial charge on any atom is 0.164 e. The Hall–Kier alpha value is -7.43. The van der Waals surface area contributed by atoms with Crippen molar-refractivity contribution in [1.82, 2.24) is 15.0 Å². The predicted molar refractivity (Wildman–Crippen MR) is 227 cm³/mol. The van der Waals surface area contributed by atoms with Crippen molar-refractivity contribution >= 4 is 54.3 Å². The lowest BCUT2D eigenvalue weighted by Gasteiger charge is -2.12. The van der Waals surface area contributed by atoms with Gasteiger partial charge in [-0.2, -0.15) is 0 Å². The van der Waals surface area contributed by atoms with Crippen LogP contribution in [0.15, 0.2) is 192 Å². The summed E-state index contributed by atoms with van der Waals surface area (Å²) in [5.41, 5.74) is 3.38. The van der Waals surface area contributed by atoms with E-state index in [0.717, 1.165) is 27.3 Å². The average Bonchev–Trinajstić information content (AvgIpc) is 3.72. The summed E-state index contributed by atoms with van der Waals surface area (Å²) in [7, 11) is 0. The maximum absolute atomic E-state index is 9.12. The number of aromatic nitrogens is 3. The van der Waals surface area contributed by atoms with Crippen molar-refractivity contribution < 1.29 is 16.8 Å². The van der Waals surface area contributed by atoms with Crippen LogP contribution in [0.5, 0.6) is 0 Å². The second-order valence-electron chi connectivity index (χ2n) is 13.3. The van der Waals surface area contributed by atoms with E-state index >= 15 is 0 Å². The Labute approximate surface area is 329 Å². The van der Waals surface area contributed by atoms with Crippen LogP contribution in [0.1, 0.15) is 12.3 Å². The molecule has 256 valence electrons. The van der Waals surface area contributed by atoms with Crippen LogP contribution in [0.25, 0.3) is 111 Å². The average molecular weight is 711 g/mol. The third kappa shape index (κ3) is 5.26. The first-order valence-electron chi connectivity index (χ1n) is 22.3. The normalized spacial score (nSPS) is 13.9. The number of furan rings is 1. The van der Waals surface area contributed by atoms with Gasteiger partial charge >= 0.3 is 0 Å². The lowest BCUT2D eigenvalue weighted by molar-refractivity contribution is 0.669. The highest BCUT2D eigenvalue weighted by Gasteiger charge is 2.18. The molecular formula is C51H31N3O. The standard InChI is InChI=1S/C51H31N3O/c1-3-12-32(13-4-1)33-22-24-35(25-23-33)50-52-49(34-14-5-2-6-15-34)53-51(54-50)37-27-29-44-47(31-37)55-46-21-11-20-38(48(44)46)36-26-28-43-41-18-8-7-16-39(41)40-17-9-10-19-42(40)45(43)30-36/h1-31H/i1D,3D,4D,12D,13D,22D,23D,24D,25D. The van der Waals surface area contributed by atoms with Crippen LogP contribution in [0.3, 0.4) is 0 Å². The van der Waals surface area contributed by atoms with E-state index in [0.29, 0.717) is 22.3 Å². The first-order valence-corrected chi connectivity index (χ1v) is 17.8. The Balaban J connectivity index is 1.07. The number of benzene rings is 9. The molecule has 4 nitrogen and oxygen atoms in total. The van der Waals surface area contributed by atoms with Crippen LogP contribution in [0.4, 0.5) is 0 Å². The molecule has 55 heavy (non-hydrogen) atoms. The summed E-state index contributed by atoms with van der Waals surface area (Å²) >= 11 is 0. The van der Waals surface area contributed by atoms with Crippen molar-refractivity contribution in [2.45, 2.75) is 0 Å². The molecule has 0 N–H and O–H groups in total. The van der Waals surface area contributed by atoms with Crippen molar-refractivity contribution in [3.8, 4) is 56.4 Å². The SMILES string of the molecule is [2H]c1c([2H])c([2H])c(-c2c([2H])c([2H])c(-c3nc(-c4ccccc4)nc(-c4ccc5c(c4)oc4cccc(-c6ccc7c8ccccc8c8ccccc8c7c6)c45)n3)c([2H])c2[2H])c([2H])c1[2H]. The predicted octanol–water partition coefficient (Wildman–Crippen LogP) is 13.6. The van der Waals surface area contributed by atoms with Gasteiger partial charge in [0.1, 0.15) is 11.2 Å². The van der Waals surface area contributed by atoms with Gasteiger partial charge in [0.05, 0.1) is 12.3 Å². The van der Waals surface area contributed by atoms with Gasteiger partial charge in [-0.1, -0.05) is 164 Å². The molecule has 0 atom stereocenters. The molecule has 0 aliphatic heterocycles. The van der Waals surface area contributed by atoms with Crippen LogP contribution < -0.4 is 0 Å². The first-order chi connectivity index (χ1) is 31.0. The number of hydrogen-bond donors (Lipinski definition) is 0. The maximum atomic E-state index is 9.12. The molecule has 0 bridgehead atoms. The van der Waals surface area contributed by atoms with E-state index < -0.39 is 65.5 Å². The zero-order valence-electron chi connectivity index (χ0n) is 38.0. The molecule has 4 heteroatoms.